The van der Waals surface area contributed by atoms with Gasteiger partial charge in [-0.25, -0.2) is 0 Å². The number of hydrogen-bond donors (Lipinski definition) is 2. The molecule has 0 spiro atoms. The smallest absolute Gasteiger partial charge is 0.191 e. The van der Waals surface area contributed by atoms with Gasteiger partial charge in [0.25, 0.3) is 0 Å². The van der Waals surface area contributed by atoms with Crippen molar-refractivity contribution >= 4 is 41.7 Å². The molecule has 1 aliphatic heterocycles. The Morgan fingerprint density at radius 1 is 1.35 bits per heavy atom. The minimum absolute atomic E-state index is 0. The molecule has 0 aromatic heterocycles. The fraction of sp³-hybridized carbons (Fsp3) is 0.611. The van der Waals surface area contributed by atoms with Gasteiger partial charge in [0, 0.05) is 23.3 Å². The number of thioether (sulfide) groups is 1. The summed E-state index contributed by atoms with van der Waals surface area (Å²) < 4.78 is 0.338. The van der Waals surface area contributed by atoms with Crippen LogP contribution in [-0.2, 0) is 0 Å². The van der Waals surface area contributed by atoms with Crippen molar-refractivity contribution in [3.05, 3.63) is 35.9 Å². The van der Waals surface area contributed by atoms with E-state index in [0.29, 0.717) is 16.7 Å². The van der Waals surface area contributed by atoms with E-state index in [9.17, 15) is 0 Å². The van der Waals surface area contributed by atoms with Gasteiger partial charge in [-0.1, -0.05) is 30.3 Å². The molecule has 1 aliphatic carbocycles. The predicted molar refractivity (Wildman–Crippen MR) is 112 cm³/mol. The highest BCUT2D eigenvalue weighted by atomic mass is 127. The van der Waals surface area contributed by atoms with Gasteiger partial charge < -0.3 is 10.6 Å². The van der Waals surface area contributed by atoms with E-state index in [4.69, 9.17) is 4.99 Å². The van der Waals surface area contributed by atoms with Crippen molar-refractivity contribution in [2.75, 3.05) is 18.8 Å². The minimum atomic E-state index is 0. The van der Waals surface area contributed by atoms with Crippen LogP contribution < -0.4 is 10.6 Å². The van der Waals surface area contributed by atoms with Gasteiger partial charge in [-0.3, -0.25) is 4.99 Å². The summed E-state index contributed by atoms with van der Waals surface area (Å²) in [6.07, 6.45) is 3.83. The van der Waals surface area contributed by atoms with E-state index in [1.165, 1.54) is 30.6 Å². The molecule has 1 aromatic rings. The highest BCUT2D eigenvalue weighted by Gasteiger charge is 2.39. The summed E-state index contributed by atoms with van der Waals surface area (Å²) >= 11 is 2.07. The number of halogens is 1. The molecule has 1 aromatic carbocycles. The monoisotopic (exact) mass is 445 g/mol. The molecule has 2 aliphatic rings. The first-order valence-corrected chi connectivity index (χ1v) is 9.42. The summed E-state index contributed by atoms with van der Waals surface area (Å²) in [6, 6.07) is 11.3. The van der Waals surface area contributed by atoms with Crippen LogP contribution >= 0.6 is 35.7 Å². The third kappa shape index (κ3) is 5.28. The lowest BCUT2D eigenvalue weighted by Crippen LogP contribution is -2.40. The van der Waals surface area contributed by atoms with Crippen molar-refractivity contribution in [2.24, 2.45) is 4.99 Å². The molecule has 0 amide bonds. The van der Waals surface area contributed by atoms with Gasteiger partial charge in [0.15, 0.2) is 5.96 Å². The SMILES string of the molecule is CCNC(=NCC1(C)CCCS1)NC1CC1c1ccccc1.I. The fourth-order valence-electron chi connectivity index (χ4n) is 3.13. The number of hydrogen-bond acceptors (Lipinski definition) is 2. The Kier molecular flexibility index (Phi) is 7.07. The van der Waals surface area contributed by atoms with Crippen molar-refractivity contribution in [3.8, 4) is 0 Å². The summed E-state index contributed by atoms with van der Waals surface area (Å²) in [5.41, 5.74) is 1.44. The number of nitrogens with one attached hydrogen (secondary N) is 2. The quantitative estimate of drug-likeness (QED) is 0.409. The Labute approximate surface area is 161 Å². The van der Waals surface area contributed by atoms with E-state index in [-0.39, 0.29) is 24.0 Å². The third-order valence-electron chi connectivity index (χ3n) is 4.56. The van der Waals surface area contributed by atoms with Crippen molar-refractivity contribution in [1.29, 1.82) is 0 Å². The topological polar surface area (TPSA) is 36.4 Å². The van der Waals surface area contributed by atoms with Crippen LogP contribution in [-0.4, -0.2) is 35.6 Å². The fourth-order valence-corrected chi connectivity index (χ4v) is 4.35. The van der Waals surface area contributed by atoms with Gasteiger partial charge in [0.05, 0.1) is 6.54 Å². The Morgan fingerprint density at radius 2 is 2.13 bits per heavy atom. The van der Waals surface area contributed by atoms with E-state index < -0.39 is 0 Å². The molecule has 5 heteroatoms. The number of benzene rings is 1. The molecule has 0 bridgehead atoms. The van der Waals surface area contributed by atoms with Crippen LogP contribution in [0.4, 0.5) is 0 Å². The van der Waals surface area contributed by atoms with Crippen molar-refractivity contribution in [3.63, 3.8) is 0 Å². The molecule has 3 rings (SSSR count). The van der Waals surface area contributed by atoms with Crippen LogP contribution in [0.1, 0.15) is 44.6 Å². The highest BCUT2D eigenvalue weighted by Crippen LogP contribution is 2.41. The van der Waals surface area contributed by atoms with E-state index in [1.54, 1.807) is 0 Å². The lowest BCUT2D eigenvalue weighted by atomic mass is 10.1. The molecule has 23 heavy (non-hydrogen) atoms. The second-order valence-corrected chi connectivity index (χ2v) is 8.28. The average molecular weight is 445 g/mol. The van der Waals surface area contributed by atoms with Gasteiger partial charge in [0.1, 0.15) is 0 Å². The zero-order chi connectivity index (χ0) is 15.4. The number of guanidine groups is 1. The van der Waals surface area contributed by atoms with Crippen LogP contribution in [0.5, 0.6) is 0 Å². The standard InChI is InChI=1S/C18H27N3S.HI/c1-3-19-17(20-13-18(2)10-7-11-22-18)21-16-12-15(16)14-8-5-4-6-9-14;/h4-6,8-9,15-16H,3,7,10-13H2,1-2H3,(H2,19,20,21);1H. The normalized spacial score (nSPS) is 29.7. The average Bonchev–Trinajstić information content (AvgIpc) is 3.17. The summed E-state index contributed by atoms with van der Waals surface area (Å²) in [5.74, 6) is 2.91. The molecule has 128 valence electrons. The molecule has 1 saturated heterocycles. The molecular formula is C18H28IN3S. The van der Waals surface area contributed by atoms with E-state index in [1.807, 2.05) is 0 Å². The first-order valence-electron chi connectivity index (χ1n) is 8.44. The molecule has 2 N–H and O–H groups in total. The van der Waals surface area contributed by atoms with E-state index in [2.05, 4.69) is 66.6 Å². The minimum Gasteiger partial charge on any atom is -0.357 e. The number of nitrogens with zero attached hydrogens (tertiary/aromatic N) is 1. The predicted octanol–water partition coefficient (Wildman–Crippen LogP) is 4.00. The van der Waals surface area contributed by atoms with Gasteiger partial charge in [0.2, 0.25) is 0 Å². The first kappa shape index (κ1) is 18.9. The second-order valence-electron chi connectivity index (χ2n) is 6.60. The molecule has 3 atom stereocenters. The molecule has 1 heterocycles. The van der Waals surface area contributed by atoms with Crippen molar-refractivity contribution < 1.29 is 0 Å². The maximum absolute atomic E-state index is 4.85. The first-order chi connectivity index (χ1) is 10.7. The molecule has 3 nitrogen and oxygen atoms in total. The van der Waals surface area contributed by atoms with Gasteiger partial charge >= 0.3 is 0 Å². The van der Waals surface area contributed by atoms with Gasteiger partial charge in [-0.15, -0.1) is 24.0 Å². The lowest BCUT2D eigenvalue weighted by molar-refractivity contribution is 0.614. The summed E-state index contributed by atoms with van der Waals surface area (Å²) in [4.78, 5) is 4.85. The lowest BCUT2D eigenvalue weighted by Gasteiger charge is -2.21. The maximum Gasteiger partial charge on any atom is 0.191 e. The molecular weight excluding hydrogens is 417 g/mol. The Morgan fingerprint density at radius 3 is 2.78 bits per heavy atom. The summed E-state index contributed by atoms with van der Waals surface area (Å²) in [6.45, 7) is 6.31. The van der Waals surface area contributed by atoms with Gasteiger partial charge in [-0.2, -0.15) is 11.8 Å². The largest absolute Gasteiger partial charge is 0.357 e. The zero-order valence-corrected chi connectivity index (χ0v) is 17.2. The van der Waals surface area contributed by atoms with Crippen LogP contribution in [0.2, 0.25) is 0 Å². The van der Waals surface area contributed by atoms with E-state index in [0.717, 1.165) is 19.0 Å². The summed E-state index contributed by atoms with van der Waals surface area (Å²) in [5, 5.41) is 7.01. The van der Waals surface area contributed by atoms with Crippen molar-refractivity contribution in [2.45, 2.75) is 49.8 Å². The summed E-state index contributed by atoms with van der Waals surface area (Å²) in [7, 11) is 0. The van der Waals surface area contributed by atoms with Crippen LogP contribution in [0.15, 0.2) is 35.3 Å². The molecule has 3 unspecified atom stereocenters. The van der Waals surface area contributed by atoms with Crippen LogP contribution in [0.25, 0.3) is 0 Å². The highest BCUT2D eigenvalue weighted by molar-refractivity contribution is 14.0. The van der Waals surface area contributed by atoms with Crippen molar-refractivity contribution in [1.82, 2.24) is 10.6 Å². The van der Waals surface area contributed by atoms with Gasteiger partial charge in [-0.05, 0) is 44.4 Å². The Hall–Kier alpha value is -0.430. The molecule has 2 fully saturated rings. The molecule has 1 saturated carbocycles. The van der Waals surface area contributed by atoms with E-state index >= 15 is 0 Å². The third-order valence-corrected chi connectivity index (χ3v) is 6.08. The molecule has 0 radical (unpaired) electrons. The number of rotatable bonds is 5. The van der Waals surface area contributed by atoms with Crippen LogP contribution in [0.3, 0.4) is 0 Å². The maximum atomic E-state index is 4.85. The second kappa shape index (κ2) is 8.60. The Balaban J connectivity index is 0.00000192. The number of aliphatic imine (C=N–C) groups is 1. The Bertz CT molecular complexity index is 514. The van der Waals surface area contributed by atoms with Crippen LogP contribution in [0, 0.1) is 0 Å². The zero-order valence-electron chi connectivity index (χ0n) is 14.0.